The maximum atomic E-state index is 4.37. The third-order valence-corrected chi connectivity index (χ3v) is 4.59. The molecular weight excluding hydrogens is 254 g/mol. The zero-order valence-corrected chi connectivity index (χ0v) is 11.9. The molecule has 1 saturated heterocycles. The monoisotopic (exact) mass is 273 g/mol. The van der Waals surface area contributed by atoms with Gasteiger partial charge in [0.2, 0.25) is 0 Å². The van der Waals surface area contributed by atoms with Crippen molar-refractivity contribution in [2.45, 2.75) is 25.8 Å². The van der Waals surface area contributed by atoms with Crippen LogP contribution in [0.25, 0.3) is 0 Å². The van der Waals surface area contributed by atoms with Gasteiger partial charge in [0.15, 0.2) is 0 Å². The molecular formula is C15H19N3S. The molecule has 3 rings (SSSR count). The third-order valence-electron chi connectivity index (χ3n) is 3.82. The molecule has 0 bridgehead atoms. The summed E-state index contributed by atoms with van der Waals surface area (Å²) >= 11 is 1.76. The van der Waals surface area contributed by atoms with Gasteiger partial charge in [-0.25, -0.2) is 4.98 Å². The Kier molecular flexibility index (Phi) is 4.20. The van der Waals surface area contributed by atoms with Gasteiger partial charge in [0.25, 0.3) is 0 Å². The topological polar surface area (TPSA) is 29.0 Å². The second kappa shape index (κ2) is 6.26. The minimum Gasteiger partial charge on any atom is -0.297 e. The molecule has 4 heteroatoms. The largest absolute Gasteiger partial charge is 0.297 e. The first-order valence-corrected chi connectivity index (χ1v) is 7.78. The fourth-order valence-corrected chi connectivity index (χ4v) is 3.38. The number of nitrogens with zero attached hydrogens (tertiary/aromatic N) is 3. The molecule has 1 fully saturated rings. The molecule has 1 aliphatic rings. The first-order chi connectivity index (χ1) is 9.40. The van der Waals surface area contributed by atoms with Crippen LogP contribution >= 0.6 is 11.3 Å². The summed E-state index contributed by atoms with van der Waals surface area (Å²) in [5.74, 6) is 0.829. The van der Waals surface area contributed by atoms with Crippen LogP contribution in [-0.4, -0.2) is 28.0 Å². The molecule has 100 valence electrons. The van der Waals surface area contributed by atoms with Crippen LogP contribution in [0, 0.1) is 5.92 Å². The highest BCUT2D eigenvalue weighted by Gasteiger charge is 2.19. The molecule has 0 spiro atoms. The van der Waals surface area contributed by atoms with Gasteiger partial charge in [-0.15, -0.1) is 11.3 Å². The third kappa shape index (κ3) is 3.61. The van der Waals surface area contributed by atoms with Gasteiger partial charge in [-0.2, -0.15) is 0 Å². The Balaban J connectivity index is 1.47. The number of likely N-dealkylation sites (tertiary alicyclic amines) is 1. The predicted molar refractivity (Wildman–Crippen MR) is 78.1 cm³/mol. The van der Waals surface area contributed by atoms with Gasteiger partial charge >= 0.3 is 0 Å². The van der Waals surface area contributed by atoms with Gasteiger partial charge in [-0.1, -0.05) is 0 Å². The molecule has 2 aromatic heterocycles. The molecule has 3 nitrogen and oxygen atoms in total. The Morgan fingerprint density at radius 3 is 2.63 bits per heavy atom. The highest BCUT2D eigenvalue weighted by Crippen LogP contribution is 2.22. The van der Waals surface area contributed by atoms with E-state index in [0.29, 0.717) is 0 Å². The standard InChI is InChI=1S/C15H19N3S/c1-5-16-6-2-13(1)11-14-3-8-18(9-4-14)12-15-17-7-10-19-15/h1-2,5-7,10,14H,3-4,8-9,11-12H2. The number of rotatable bonds is 4. The fraction of sp³-hybridized carbons (Fsp3) is 0.467. The smallest absolute Gasteiger partial charge is 0.107 e. The van der Waals surface area contributed by atoms with E-state index < -0.39 is 0 Å². The lowest BCUT2D eigenvalue weighted by Gasteiger charge is -2.31. The van der Waals surface area contributed by atoms with Crippen molar-refractivity contribution < 1.29 is 0 Å². The summed E-state index contributed by atoms with van der Waals surface area (Å²) in [5.41, 5.74) is 1.42. The predicted octanol–water partition coefficient (Wildman–Crippen LogP) is 2.99. The van der Waals surface area contributed by atoms with Crippen molar-refractivity contribution in [1.82, 2.24) is 14.9 Å². The van der Waals surface area contributed by atoms with Crippen molar-refractivity contribution in [3.05, 3.63) is 46.7 Å². The van der Waals surface area contributed by atoms with Gasteiger partial charge < -0.3 is 0 Å². The summed E-state index contributed by atoms with van der Waals surface area (Å²) in [6.07, 6.45) is 9.49. The lowest BCUT2D eigenvalue weighted by atomic mass is 9.90. The summed E-state index contributed by atoms with van der Waals surface area (Å²) < 4.78 is 0. The SMILES string of the molecule is c1cc(CC2CCN(Cc3nccs3)CC2)ccn1. The van der Waals surface area contributed by atoms with E-state index in [4.69, 9.17) is 0 Å². The Bertz CT molecular complexity index is 475. The lowest BCUT2D eigenvalue weighted by molar-refractivity contribution is 0.177. The van der Waals surface area contributed by atoms with Crippen molar-refractivity contribution in [3.63, 3.8) is 0 Å². The minimum atomic E-state index is 0.829. The Labute approximate surface area is 118 Å². The molecule has 0 N–H and O–H groups in total. The van der Waals surface area contributed by atoms with E-state index in [9.17, 15) is 0 Å². The van der Waals surface area contributed by atoms with E-state index in [0.717, 1.165) is 12.5 Å². The zero-order valence-electron chi connectivity index (χ0n) is 11.0. The van der Waals surface area contributed by atoms with Crippen LogP contribution in [0.3, 0.4) is 0 Å². The molecule has 0 radical (unpaired) electrons. The second-order valence-electron chi connectivity index (χ2n) is 5.20. The van der Waals surface area contributed by atoms with Crippen molar-refractivity contribution in [1.29, 1.82) is 0 Å². The highest BCUT2D eigenvalue weighted by molar-refractivity contribution is 7.09. The van der Waals surface area contributed by atoms with Crippen LogP contribution in [0.15, 0.2) is 36.1 Å². The van der Waals surface area contributed by atoms with Crippen LogP contribution in [0.4, 0.5) is 0 Å². The number of pyridine rings is 1. The van der Waals surface area contributed by atoms with E-state index in [1.54, 1.807) is 11.3 Å². The zero-order chi connectivity index (χ0) is 12.9. The van der Waals surface area contributed by atoms with Crippen LogP contribution in [0.5, 0.6) is 0 Å². The van der Waals surface area contributed by atoms with Crippen molar-refractivity contribution in [3.8, 4) is 0 Å². The molecule has 0 aromatic carbocycles. The number of hydrogen-bond acceptors (Lipinski definition) is 4. The first-order valence-electron chi connectivity index (χ1n) is 6.90. The van der Waals surface area contributed by atoms with Crippen LogP contribution < -0.4 is 0 Å². The number of piperidine rings is 1. The van der Waals surface area contributed by atoms with Gasteiger partial charge in [0.05, 0.1) is 6.54 Å². The molecule has 0 aliphatic carbocycles. The average Bonchev–Trinajstić information content (AvgIpc) is 2.95. The van der Waals surface area contributed by atoms with E-state index in [1.807, 2.05) is 18.6 Å². The summed E-state index contributed by atoms with van der Waals surface area (Å²) in [6, 6.07) is 4.28. The first kappa shape index (κ1) is 12.8. The second-order valence-corrected chi connectivity index (χ2v) is 6.18. The van der Waals surface area contributed by atoms with Crippen LogP contribution in [0.2, 0.25) is 0 Å². The number of thiazole rings is 1. The van der Waals surface area contributed by atoms with Gasteiger partial charge in [0, 0.05) is 24.0 Å². The number of aromatic nitrogens is 2. The Morgan fingerprint density at radius 2 is 1.95 bits per heavy atom. The van der Waals surface area contributed by atoms with Gasteiger partial charge in [0.1, 0.15) is 5.01 Å². The van der Waals surface area contributed by atoms with Crippen LogP contribution in [-0.2, 0) is 13.0 Å². The van der Waals surface area contributed by atoms with E-state index in [1.165, 1.54) is 42.9 Å². The molecule has 0 unspecified atom stereocenters. The van der Waals surface area contributed by atoms with Crippen LogP contribution in [0.1, 0.15) is 23.4 Å². The Morgan fingerprint density at radius 1 is 1.16 bits per heavy atom. The normalized spacial score (nSPS) is 17.7. The number of hydrogen-bond donors (Lipinski definition) is 0. The summed E-state index contributed by atoms with van der Waals surface area (Å²) in [6.45, 7) is 3.43. The highest BCUT2D eigenvalue weighted by atomic mass is 32.1. The van der Waals surface area contributed by atoms with Crippen molar-refractivity contribution in [2.24, 2.45) is 5.92 Å². The fourth-order valence-electron chi connectivity index (χ4n) is 2.72. The maximum absolute atomic E-state index is 4.37. The summed E-state index contributed by atoms with van der Waals surface area (Å²) in [4.78, 5) is 11.0. The van der Waals surface area contributed by atoms with Crippen molar-refractivity contribution >= 4 is 11.3 Å². The molecule has 19 heavy (non-hydrogen) atoms. The molecule has 0 atom stereocenters. The quantitative estimate of drug-likeness (QED) is 0.857. The summed E-state index contributed by atoms with van der Waals surface area (Å²) in [7, 11) is 0. The molecule has 1 aliphatic heterocycles. The van der Waals surface area contributed by atoms with E-state index >= 15 is 0 Å². The van der Waals surface area contributed by atoms with Gasteiger partial charge in [-0.3, -0.25) is 9.88 Å². The molecule has 0 amide bonds. The van der Waals surface area contributed by atoms with Crippen molar-refractivity contribution in [2.75, 3.05) is 13.1 Å². The molecule has 2 aromatic rings. The average molecular weight is 273 g/mol. The van der Waals surface area contributed by atoms with Gasteiger partial charge in [-0.05, 0) is 56.0 Å². The lowest BCUT2D eigenvalue weighted by Crippen LogP contribution is -2.33. The van der Waals surface area contributed by atoms with E-state index in [2.05, 4.69) is 32.4 Å². The maximum Gasteiger partial charge on any atom is 0.107 e. The molecule has 0 saturated carbocycles. The Hall–Kier alpha value is -1.26. The summed E-state index contributed by atoms with van der Waals surface area (Å²) in [5, 5.41) is 3.30. The minimum absolute atomic E-state index is 0.829. The van der Waals surface area contributed by atoms with E-state index in [-0.39, 0.29) is 0 Å². The molecule has 3 heterocycles.